The average molecular weight is 335 g/mol. The summed E-state index contributed by atoms with van der Waals surface area (Å²) in [6.45, 7) is 4.21. The molecule has 2 unspecified atom stereocenters. The van der Waals surface area contributed by atoms with E-state index in [1.54, 1.807) is 12.1 Å². The molecule has 1 aromatic carbocycles. The number of halogens is 2. The molecule has 1 heterocycles. The fourth-order valence-corrected chi connectivity index (χ4v) is 2.09. The predicted octanol–water partition coefficient (Wildman–Crippen LogP) is 1.63. The van der Waals surface area contributed by atoms with Gasteiger partial charge >= 0.3 is 0 Å². The molecule has 2 atom stereocenters. The van der Waals surface area contributed by atoms with Gasteiger partial charge in [0.15, 0.2) is 0 Å². The maximum Gasteiger partial charge on any atom is 0.250 e. The van der Waals surface area contributed by atoms with Crippen molar-refractivity contribution in [3.63, 3.8) is 0 Å². The van der Waals surface area contributed by atoms with Crippen LogP contribution in [0.25, 0.3) is 0 Å². The van der Waals surface area contributed by atoms with E-state index in [4.69, 9.17) is 21.1 Å². The first-order chi connectivity index (χ1) is 9.65. The number of rotatable bonds is 5. The monoisotopic (exact) mass is 334 g/mol. The van der Waals surface area contributed by atoms with E-state index in [2.05, 4.69) is 10.6 Å². The van der Waals surface area contributed by atoms with Crippen LogP contribution in [-0.4, -0.2) is 44.4 Å². The SMILES string of the molecule is CC(CNC(=O)C1CNCCO1)Oc1cccc(Cl)c1.Cl. The third-order valence-corrected chi connectivity index (χ3v) is 3.15. The Morgan fingerprint density at radius 1 is 1.62 bits per heavy atom. The molecule has 2 N–H and O–H groups in total. The third-order valence-electron chi connectivity index (χ3n) is 2.92. The topological polar surface area (TPSA) is 59.6 Å². The maximum absolute atomic E-state index is 11.9. The first-order valence-electron chi connectivity index (χ1n) is 6.67. The Bertz CT molecular complexity index is 454. The minimum absolute atomic E-state index is 0. The number of ether oxygens (including phenoxy) is 2. The summed E-state index contributed by atoms with van der Waals surface area (Å²) in [5, 5.41) is 6.57. The summed E-state index contributed by atoms with van der Waals surface area (Å²) >= 11 is 5.88. The minimum Gasteiger partial charge on any atom is -0.489 e. The highest BCUT2D eigenvalue weighted by Crippen LogP contribution is 2.18. The lowest BCUT2D eigenvalue weighted by molar-refractivity contribution is -0.134. The van der Waals surface area contributed by atoms with E-state index < -0.39 is 6.10 Å². The van der Waals surface area contributed by atoms with Gasteiger partial charge in [0.05, 0.1) is 13.2 Å². The summed E-state index contributed by atoms with van der Waals surface area (Å²) in [5.41, 5.74) is 0. The quantitative estimate of drug-likeness (QED) is 0.859. The van der Waals surface area contributed by atoms with Crippen LogP contribution in [0.1, 0.15) is 6.92 Å². The first kappa shape index (κ1) is 18.0. The fourth-order valence-electron chi connectivity index (χ4n) is 1.91. The Balaban J connectivity index is 0.00000220. The van der Waals surface area contributed by atoms with E-state index in [0.29, 0.717) is 30.5 Å². The maximum atomic E-state index is 11.9. The summed E-state index contributed by atoms with van der Waals surface area (Å²) in [7, 11) is 0. The number of nitrogens with one attached hydrogen (secondary N) is 2. The number of benzene rings is 1. The van der Waals surface area contributed by atoms with Gasteiger partial charge in [-0.2, -0.15) is 0 Å². The molecule has 1 aromatic rings. The van der Waals surface area contributed by atoms with Gasteiger partial charge in [-0.25, -0.2) is 0 Å². The van der Waals surface area contributed by atoms with Crippen molar-refractivity contribution >= 4 is 29.9 Å². The van der Waals surface area contributed by atoms with Gasteiger partial charge in [-0.1, -0.05) is 17.7 Å². The van der Waals surface area contributed by atoms with Gasteiger partial charge in [-0.15, -0.1) is 12.4 Å². The lowest BCUT2D eigenvalue weighted by Gasteiger charge is -2.23. The van der Waals surface area contributed by atoms with Gasteiger partial charge in [0.2, 0.25) is 0 Å². The van der Waals surface area contributed by atoms with Crippen LogP contribution < -0.4 is 15.4 Å². The van der Waals surface area contributed by atoms with Gasteiger partial charge < -0.3 is 20.1 Å². The van der Waals surface area contributed by atoms with E-state index in [1.807, 2.05) is 19.1 Å². The summed E-state index contributed by atoms with van der Waals surface area (Å²) in [6, 6.07) is 7.19. The van der Waals surface area contributed by atoms with Crippen LogP contribution in [0.2, 0.25) is 5.02 Å². The second-order valence-corrected chi connectivity index (χ2v) is 5.13. The van der Waals surface area contributed by atoms with Crippen molar-refractivity contribution in [1.29, 1.82) is 0 Å². The number of carbonyl (C=O) groups is 1. The van der Waals surface area contributed by atoms with Crippen LogP contribution >= 0.6 is 24.0 Å². The Hall–Kier alpha value is -1.01. The molecule has 0 spiro atoms. The molecule has 1 saturated heterocycles. The zero-order chi connectivity index (χ0) is 14.4. The van der Waals surface area contributed by atoms with Crippen LogP contribution in [0.5, 0.6) is 5.75 Å². The molecule has 5 nitrogen and oxygen atoms in total. The summed E-state index contributed by atoms with van der Waals surface area (Å²) in [6.07, 6.45) is -0.559. The highest BCUT2D eigenvalue weighted by atomic mass is 35.5. The zero-order valence-corrected chi connectivity index (χ0v) is 13.4. The van der Waals surface area contributed by atoms with E-state index in [9.17, 15) is 4.79 Å². The highest BCUT2D eigenvalue weighted by molar-refractivity contribution is 6.30. The number of carbonyl (C=O) groups excluding carboxylic acids is 1. The predicted molar refractivity (Wildman–Crippen MR) is 84.4 cm³/mol. The standard InChI is InChI=1S/C14H19ClN2O3.ClH/c1-10(20-12-4-2-3-11(15)7-12)8-17-14(18)13-9-16-5-6-19-13;/h2-4,7,10,13,16H,5-6,8-9H2,1H3,(H,17,18);1H. The number of amides is 1. The van der Waals surface area contributed by atoms with Crippen LogP contribution in [0.4, 0.5) is 0 Å². The molecular weight excluding hydrogens is 315 g/mol. The molecular formula is C14H20Cl2N2O3. The van der Waals surface area contributed by atoms with Crippen molar-refractivity contribution in [2.45, 2.75) is 19.1 Å². The lowest BCUT2D eigenvalue weighted by Crippen LogP contribution is -2.49. The fraction of sp³-hybridized carbons (Fsp3) is 0.500. The summed E-state index contributed by atoms with van der Waals surface area (Å²) < 4.78 is 11.1. The van der Waals surface area contributed by atoms with Crippen molar-refractivity contribution in [1.82, 2.24) is 10.6 Å². The lowest BCUT2D eigenvalue weighted by atomic mass is 10.2. The second-order valence-electron chi connectivity index (χ2n) is 4.69. The Labute approximate surface area is 135 Å². The molecule has 1 aliphatic rings. The van der Waals surface area contributed by atoms with Crippen LogP contribution in [0, 0.1) is 0 Å². The molecule has 1 amide bonds. The normalized spacial score (nSPS) is 19.2. The Kier molecular flexibility index (Phi) is 7.82. The van der Waals surface area contributed by atoms with Crippen LogP contribution in [-0.2, 0) is 9.53 Å². The van der Waals surface area contributed by atoms with E-state index >= 15 is 0 Å². The van der Waals surface area contributed by atoms with E-state index in [-0.39, 0.29) is 24.4 Å². The van der Waals surface area contributed by atoms with Crippen LogP contribution in [0.3, 0.4) is 0 Å². The van der Waals surface area contributed by atoms with Crippen molar-refractivity contribution in [2.24, 2.45) is 0 Å². The van der Waals surface area contributed by atoms with E-state index in [0.717, 1.165) is 6.54 Å². The number of hydrogen-bond acceptors (Lipinski definition) is 4. The smallest absolute Gasteiger partial charge is 0.250 e. The second kappa shape index (κ2) is 9.10. The Morgan fingerprint density at radius 2 is 2.43 bits per heavy atom. The van der Waals surface area contributed by atoms with Gasteiger partial charge in [0.25, 0.3) is 5.91 Å². The van der Waals surface area contributed by atoms with Crippen molar-refractivity contribution in [2.75, 3.05) is 26.2 Å². The molecule has 1 aliphatic heterocycles. The van der Waals surface area contributed by atoms with Gasteiger partial charge in [0, 0.05) is 18.1 Å². The molecule has 21 heavy (non-hydrogen) atoms. The molecule has 2 rings (SSSR count). The molecule has 0 aromatic heterocycles. The molecule has 0 bridgehead atoms. The van der Waals surface area contributed by atoms with Gasteiger partial charge in [-0.05, 0) is 25.1 Å². The largest absolute Gasteiger partial charge is 0.489 e. The summed E-state index contributed by atoms with van der Waals surface area (Å²) in [5.74, 6) is 0.577. The molecule has 0 saturated carbocycles. The molecule has 0 radical (unpaired) electrons. The molecule has 7 heteroatoms. The molecule has 118 valence electrons. The van der Waals surface area contributed by atoms with Gasteiger partial charge in [0.1, 0.15) is 18.0 Å². The molecule has 1 fully saturated rings. The van der Waals surface area contributed by atoms with Crippen LogP contribution in [0.15, 0.2) is 24.3 Å². The number of morpholine rings is 1. The zero-order valence-electron chi connectivity index (χ0n) is 11.8. The van der Waals surface area contributed by atoms with Gasteiger partial charge in [-0.3, -0.25) is 4.79 Å². The van der Waals surface area contributed by atoms with Crippen molar-refractivity contribution < 1.29 is 14.3 Å². The Morgan fingerprint density at radius 3 is 3.10 bits per heavy atom. The number of hydrogen-bond donors (Lipinski definition) is 2. The first-order valence-corrected chi connectivity index (χ1v) is 7.05. The van der Waals surface area contributed by atoms with E-state index in [1.165, 1.54) is 0 Å². The molecule has 0 aliphatic carbocycles. The summed E-state index contributed by atoms with van der Waals surface area (Å²) in [4.78, 5) is 11.9. The van der Waals surface area contributed by atoms with Crippen molar-refractivity contribution in [3.05, 3.63) is 29.3 Å². The average Bonchev–Trinajstić information content (AvgIpc) is 2.46. The minimum atomic E-state index is -0.415. The highest BCUT2D eigenvalue weighted by Gasteiger charge is 2.21. The third kappa shape index (κ3) is 6.09. The van der Waals surface area contributed by atoms with Crippen molar-refractivity contribution in [3.8, 4) is 5.75 Å².